The Balaban J connectivity index is 1.50. The number of primary amides is 1. The molecule has 0 radical (unpaired) electrons. The van der Waals surface area contributed by atoms with Crippen LogP contribution in [0, 0.1) is 0 Å². The van der Waals surface area contributed by atoms with E-state index in [1.54, 1.807) is 4.90 Å². The van der Waals surface area contributed by atoms with E-state index in [4.69, 9.17) is 15.5 Å². The highest BCUT2D eigenvalue weighted by Gasteiger charge is 2.28. The fourth-order valence-corrected chi connectivity index (χ4v) is 5.21. The van der Waals surface area contributed by atoms with Crippen molar-refractivity contribution in [2.75, 3.05) is 51.6 Å². The van der Waals surface area contributed by atoms with Crippen LogP contribution in [0.3, 0.4) is 0 Å². The van der Waals surface area contributed by atoms with E-state index < -0.39 is 11.5 Å². The number of nitrogens with one attached hydrogen (secondary N) is 1. The van der Waals surface area contributed by atoms with Crippen LogP contribution in [0.1, 0.15) is 75.3 Å². The predicted octanol–water partition coefficient (Wildman–Crippen LogP) is 3.26. The molecule has 1 aromatic rings. The van der Waals surface area contributed by atoms with Crippen molar-refractivity contribution in [2.45, 2.75) is 71.4 Å². The van der Waals surface area contributed by atoms with Crippen molar-refractivity contribution < 1.29 is 14.3 Å². The first-order valence-electron chi connectivity index (χ1n) is 13.8. The standard InChI is InChI=1S/C28H43N7O3/c1-6-22-23(19-11-13-35(14-12-19)27(37)38-28(2,3)4)32-26(24(31-22)25(29)36)30-20-7-9-21(10-8-20)34-17-15-33(5)16-18-34/h7,11,21H,6,8-10,12-18H2,1-5H3,(H2,29,36)(H,30,32). The maximum absolute atomic E-state index is 12.5. The van der Waals surface area contributed by atoms with E-state index in [1.165, 1.54) is 0 Å². The fraction of sp³-hybridized carbons (Fsp3) is 0.643. The summed E-state index contributed by atoms with van der Waals surface area (Å²) < 4.78 is 5.52. The number of piperazine rings is 1. The molecule has 0 aromatic carbocycles. The van der Waals surface area contributed by atoms with E-state index in [0.29, 0.717) is 37.8 Å². The number of aromatic nitrogens is 2. The van der Waals surface area contributed by atoms with E-state index in [1.807, 2.05) is 33.8 Å². The minimum absolute atomic E-state index is 0.166. The van der Waals surface area contributed by atoms with Crippen LogP contribution in [-0.4, -0.2) is 94.6 Å². The Morgan fingerprint density at radius 3 is 2.39 bits per heavy atom. The van der Waals surface area contributed by atoms with Gasteiger partial charge < -0.3 is 25.6 Å². The highest BCUT2D eigenvalue weighted by molar-refractivity contribution is 5.96. The molecule has 2 amide bonds. The number of allylic oxidation sites excluding steroid dienone is 1. The molecule has 1 atom stereocenters. The van der Waals surface area contributed by atoms with Crippen molar-refractivity contribution in [3.05, 3.63) is 34.9 Å². The monoisotopic (exact) mass is 525 g/mol. The molecule has 10 nitrogen and oxygen atoms in total. The summed E-state index contributed by atoms with van der Waals surface area (Å²) >= 11 is 0. The number of nitrogens with two attached hydrogens (primary N) is 1. The Bertz CT molecular complexity index is 1100. The van der Waals surface area contributed by atoms with Gasteiger partial charge in [-0.05, 0) is 65.5 Å². The number of carbonyl (C=O) groups is 2. The molecule has 3 aliphatic rings. The topological polar surface area (TPSA) is 117 Å². The van der Waals surface area contributed by atoms with Gasteiger partial charge in [0, 0.05) is 51.0 Å². The van der Waals surface area contributed by atoms with E-state index >= 15 is 0 Å². The molecule has 1 saturated heterocycles. The van der Waals surface area contributed by atoms with E-state index in [0.717, 1.165) is 68.1 Å². The summed E-state index contributed by atoms with van der Waals surface area (Å²) in [6.07, 6.45) is 8.08. The first-order valence-corrected chi connectivity index (χ1v) is 13.8. The molecular weight excluding hydrogens is 482 g/mol. The number of hydrogen-bond donors (Lipinski definition) is 2. The maximum Gasteiger partial charge on any atom is 0.410 e. The minimum atomic E-state index is -0.596. The average molecular weight is 526 g/mol. The lowest BCUT2D eigenvalue weighted by atomic mass is 9.97. The number of nitrogens with zero attached hydrogens (tertiary/aromatic N) is 5. The van der Waals surface area contributed by atoms with Gasteiger partial charge in [-0.3, -0.25) is 9.69 Å². The summed E-state index contributed by atoms with van der Waals surface area (Å²) in [7, 11) is 2.18. The van der Waals surface area contributed by atoms with Gasteiger partial charge in [-0.1, -0.05) is 19.1 Å². The quantitative estimate of drug-likeness (QED) is 0.581. The SMILES string of the molecule is CCc1nc(C(N)=O)c(NC2=CCC(N3CCN(C)CC3)CC2)nc1C1=CCN(C(=O)OC(C)(C)C)CC1. The van der Waals surface area contributed by atoms with Crippen molar-refractivity contribution >= 4 is 23.4 Å². The van der Waals surface area contributed by atoms with Crippen LogP contribution < -0.4 is 11.1 Å². The van der Waals surface area contributed by atoms with Crippen molar-refractivity contribution in [1.82, 2.24) is 24.7 Å². The van der Waals surface area contributed by atoms with Gasteiger partial charge in [0.05, 0.1) is 11.4 Å². The number of ether oxygens (including phenoxy) is 1. The lowest BCUT2D eigenvalue weighted by Crippen LogP contribution is -2.49. The molecule has 0 bridgehead atoms. The fourth-order valence-electron chi connectivity index (χ4n) is 5.21. The molecule has 0 saturated carbocycles. The van der Waals surface area contributed by atoms with Crippen molar-refractivity contribution in [3.63, 3.8) is 0 Å². The normalized spacial score (nSPS) is 21.5. The molecule has 1 fully saturated rings. The Labute approximate surface area is 226 Å². The summed E-state index contributed by atoms with van der Waals surface area (Å²) in [5.41, 5.74) is 8.91. The molecule has 1 aliphatic carbocycles. The second-order valence-corrected chi connectivity index (χ2v) is 11.5. The van der Waals surface area contributed by atoms with Crippen LogP contribution in [-0.2, 0) is 11.2 Å². The van der Waals surface area contributed by atoms with Gasteiger partial charge in [0.15, 0.2) is 11.5 Å². The lowest BCUT2D eigenvalue weighted by Gasteiger charge is -2.39. The summed E-state index contributed by atoms with van der Waals surface area (Å²) in [6, 6.07) is 0.550. The van der Waals surface area contributed by atoms with Crippen LogP contribution in [0.15, 0.2) is 17.8 Å². The third-order valence-electron chi connectivity index (χ3n) is 7.42. The van der Waals surface area contributed by atoms with Gasteiger partial charge in [0.25, 0.3) is 5.91 Å². The van der Waals surface area contributed by atoms with Gasteiger partial charge in [-0.15, -0.1) is 0 Å². The van der Waals surface area contributed by atoms with Gasteiger partial charge in [-0.25, -0.2) is 14.8 Å². The number of anilines is 1. The lowest BCUT2D eigenvalue weighted by molar-refractivity contribution is 0.0270. The molecule has 2 aliphatic heterocycles. The predicted molar refractivity (Wildman–Crippen MR) is 149 cm³/mol. The zero-order chi connectivity index (χ0) is 27.4. The highest BCUT2D eigenvalue weighted by atomic mass is 16.6. The summed E-state index contributed by atoms with van der Waals surface area (Å²) in [4.78, 5) is 41.0. The first kappa shape index (κ1) is 28.0. The van der Waals surface area contributed by atoms with Crippen molar-refractivity contribution in [1.29, 1.82) is 0 Å². The molecule has 1 aromatic heterocycles. The molecular formula is C28H43N7O3. The first-order chi connectivity index (χ1) is 18.0. The van der Waals surface area contributed by atoms with Gasteiger partial charge >= 0.3 is 6.09 Å². The van der Waals surface area contributed by atoms with E-state index in [-0.39, 0.29) is 11.8 Å². The van der Waals surface area contributed by atoms with Gasteiger partial charge in [-0.2, -0.15) is 0 Å². The molecule has 10 heteroatoms. The molecule has 4 rings (SSSR count). The number of aryl methyl sites for hydroxylation is 1. The molecule has 3 N–H and O–H groups in total. The molecule has 208 valence electrons. The van der Waals surface area contributed by atoms with Crippen molar-refractivity contribution in [2.24, 2.45) is 5.73 Å². The molecule has 1 unspecified atom stereocenters. The number of amides is 2. The zero-order valence-electron chi connectivity index (χ0n) is 23.5. The Morgan fingerprint density at radius 1 is 1.11 bits per heavy atom. The molecule has 0 spiro atoms. The smallest absolute Gasteiger partial charge is 0.410 e. The van der Waals surface area contributed by atoms with Crippen molar-refractivity contribution in [3.8, 4) is 0 Å². The van der Waals surface area contributed by atoms with Crippen LogP contribution in [0.5, 0.6) is 0 Å². The number of carbonyl (C=O) groups excluding carboxylic acids is 2. The number of hydrogen-bond acceptors (Lipinski definition) is 8. The van der Waals surface area contributed by atoms with Crippen LogP contribution in [0.2, 0.25) is 0 Å². The summed E-state index contributed by atoms with van der Waals surface area (Å²) in [5.74, 6) is -0.189. The third kappa shape index (κ3) is 6.91. The maximum atomic E-state index is 12.5. The Morgan fingerprint density at radius 2 is 1.84 bits per heavy atom. The second kappa shape index (κ2) is 11.8. The van der Waals surface area contributed by atoms with Crippen LogP contribution in [0.4, 0.5) is 10.6 Å². The van der Waals surface area contributed by atoms with E-state index in [2.05, 4.69) is 33.2 Å². The highest BCUT2D eigenvalue weighted by Crippen LogP contribution is 2.29. The summed E-state index contributed by atoms with van der Waals surface area (Å²) in [5, 5.41) is 3.39. The van der Waals surface area contributed by atoms with E-state index in [9.17, 15) is 9.59 Å². The van der Waals surface area contributed by atoms with Gasteiger partial charge in [0.1, 0.15) is 5.60 Å². The average Bonchev–Trinajstić information content (AvgIpc) is 2.88. The summed E-state index contributed by atoms with van der Waals surface area (Å²) in [6.45, 7) is 13.0. The van der Waals surface area contributed by atoms with Crippen LogP contribution in [0.25, 0.3) is 5.57 Å². The van der Waals surface area contributed by atoms with Crippen LogP contribution >= 0.6 is 0 Å². The molecule has 38 heavy (non-hydrogen) atoms. The second-order valence-electron chi connectivity index (χ2n) is 11.5. The Hall–Kier alpha value is -2.98. The number of likely N-dealkylation sites (N-methyl/N-ethyl adjacent to an activating group) is 1. The minimum Gasteiger partial charge on any atom is -0.444 e. The third-order valence-corrected chi connectivity index (χ3v) is 7.42. The number of rotatable bonds is 6. The van der Waals surface area contributed by atoms with Gasteiger partial charge in [0.2, 0.25) is 0 Å². The molecule has 3 heterocycles. The Kier molecular flexibility index (Phi) is 8.72. The largest absolute Gasteiger partial charge is 0.444 e. The zero-order valence-corrected chi connectivity index (χ0v) is 23.5.